The SMILES string of the molecule is [2H]c1c([2H])c([2H])c2c([2H])c(-c3c4ccccc4c(-c4c([2H])c([2H])c5c([2H])c([2H])c([2H])c([2H])c5c4[2H])c4cc(-c5cccc6ccccc56)ccc34)c([2H])c([2H])c2c1[2H]. The van der Waals surface area contributed by atoms with Crippen LogP contribution >= 0.6 is 0 Å². The number of hydrogen-bond donors (Lipinski definition) is 0. The Kier molecular flexibility index (Phi) is 3.31. The molecule has 0 saturated carbocycles. The van der Waals surface area contributed by atoms with Gasteiger partial charge < -0.3 is 0 Å². The molecule has 0 heterocycles. The van der Waals surface area contributed by atoms with Gasteiger partial charge in [-0.2, -0.15) is 0 Å². The number of benzene rings is 9. The molecule has 0 spiro atoms. The van der Waals surface area contributed by atoms with Crippen LogP contribution in [-0.2, 0) is 0 Å². The molecule has 9 rings (SSSR count). The lowest BCUT2D eigenvalue weighted by Gasteiger charge is -2.19. The predicted molar refractivity (Wildman–Crippen MR) is 190 cm³/mol. The molecule has 9 aromatic rings. The third-order valence-corrected chi connectivity index (χ3v) is 8.12. The van der Waals surface area contributed by atoms with E-state index in [2.05, 4.69) is 0 Å². The van der Waals surface area contributed by atoms with Crippen molar-refractivity contribution in [2.45, 2.75) is 0 Å². The van der Waals surface area contributed by atoms with Crippen LogP contribution in [0.1, 0.15) is 19.2 Å². The van der Waals surface area contributed by atoms with Crippen LogP contribution in [0.15, 0.2) is 170 Å². The van der Waals surface area contributed by atoms with E-state index in [1.54, 1.807) is 30.3 Å². The van der Waals surface area contributed by atoms with Gasteiger partial charge >= 0.3 is 0 Å². The van der Waals surface area contributed by atoms with Crippen LogP contribution in [0.2, 0.25) is 0 Å². The van der Waals surface area contributed by atoms with Crippen molar-refractivity contribution in [2.75, 3.05) is 0 Å². The van der Waals surface area contributed by atoms with E-state index in [9.17, 15) is 5.48 Å². The van der Waals surface area contributed by atoms with Gasteiger partial charge in [-0.25, -0.2) is 0 Å². The highest BCUT2D eigenvalue weighted by Crippen LogP contribution is 2.46. The summed E-state index contributed by atoms with van der Waals surface area (Å²) in [6.07, 6.45) is 0. The molecule has 0 aliphatic rings. The van der Waals surface area contributed by atoms with Gasteiger partial charge in [-0.15, -0.1) is 0 Å². The van der Waals surface area contributed by atoms with Crippen molar-refractivity contribution in [3.05, 3.63) is 170 Å². The zero-order chi connectivity index (χ0) is 41.2. The molecule has 0 atom stereocenters. The average Bonchev–Trinajstić information content (AvgIpc) is 3.23. The first-order valence-electron chi connectivity index (χ1n) is 21.1. The van der Waals surface area contributed by atoms with Crippen LogP contribution in [0.3, 0.4) is 0 Å². The van der Waals surface area contributed by atoms with Gasteiger partial charge in [0.1, 0.15) is 0 Å². The van der Waals surface area contributed by atoms with Gasteiger partial charge in [-0.1, -0.05) is 151 Å². The second-order valence-corrected chi connectivity index (χ2v) is 10.6. The van der Waals surface area contributed by atoms with Crippen molar-refractivity contribution in [3.63, 3.8) is 0 Å². The number of hydrogen-bond acceptors (Lipinski definition) is 0. The maximum Gasteiger partial charge on any atom is 0.0636 e. The molecule has 0 radical (unpaired) electrons. The molecule has 0 nitrogen and oxygen atoms in total. The first kappa shape index (κ1) is 14.6. The molecular weight excluding hydrogens is 528 g/mol. The summed E-state index contributed by atoms with van der Waals surface area (Å²) in [7, 11) is 0. The average molecular weight is 571 g/mol. The fraction of sp³-hybridized carbons (Fsp3) is 0. The minimum Gasteiger partial charge on any atom is -0.0616 e. The molecule has 9 aromatic carbocycles. The third kappa shape index (κ3) is 3.92. The van der Waals surface area contributed by atoms with Gasteiger partial charge in [0.25, 0.3) is 0 Å². The molecule has 204 valence electrons. The van der Waals surface area contributed by atoms with Crippen molar-refractivity contribution in [1.29, 1.82) is 0 Å². The standard InChI is InChI=1S/C44H28/c1-3-13-32-26-35(22-20-29(32)10-1)43-39-17-7-8-18-40(39)44(36-23-21-30-11-2-4-14-33(30)27-36)42-28-34(24-25-41(42)43)38-19-9-15-31-12-5-6-16-37(31)38/h1-28H/i1D,2D,3D,4D,10D,11D,13D,14D,20D,21D,22D,23D,26D,27D. The summed E-state index contributed by atoms with van der Waals surface area (Å²) in [6, 6.07) is 19.1. The van der Waals surface area contributed by atoms with Crippen molar-refractivity contribution in [2.24, 2.45) is 0 Å². The summed E-state index contributed by atoms with van der Waals surface area (Å²) in [4.78, 5) is 0. The maximum atomic E-state index is 9.57. The van der Waals surface area contributed by atoms with Crippen LogP contribution in [0, 0.1) is 0 Å². The van der Waals surface area contributed by atoms with E-state index in [1.165, 1.54) is 0 Å². The number of rotatable bonds is 3. The lowest BCUT2D eigenvalue weighted by molar-refractivity contribution is 1.66. The molecule has 0 bridgehead atoms. The van der Waals surface area contributed by atoms with Gasteiger partial charge in [-0.05, 0) is 105 Å². The van der Waals surface area contributed by atoms with E-state index < -0.39 is 72.5 Å². The lowest BCUT2D eigenvalue weighted by atomic mass is 9.84. The van der Waals surface area contributed by atoms with Crippen molar-refractivity contribution >= 4 is 53.9 Å². The quantitative estimate of drug-likeness (QED) is 0.185. The molecule has 0 aromatic heterocycles. The van der Waals surface area contributed by atoms with E-state index in [4.69, 9.17) is 13.7 Å². The van der Waals surface area contributed by atoms with E-state index in [0.29, 0.717) is 32.7 Å². The van der Waals surface area contributed by atoms with E-state index in [0.717, 1.165) is 21.9 Å². The smallest absolute Gasteiger partial charge is 0.0616 e. The summed E-state index contributed by atoms with van der Waals surface area (Å²) in [6.45, 7) is 0. The summed E-state index contributed by atoms with van der Waals surface area (Å²) in [5.41, 5.74) is 2.08. The van der Waals surface area contributed by atoms with Crippen LogP contribution in [-0.4, -0.2) is 0 Å². The summed E-state index contributed by atoms with van der Waals surface area (Å²) < 4.78 is 124. The Morgan fingerprint density at radius 2 is 0.864 bits per heavy atom. The number of fused-ring (bicyclic) bond motifs is 5. The van der Waals surface area contributed by atoms with Crippen LogP contribution < -0.4 is 0 Å². The second kappa shape index (κ2) is 9.93. The maximum absolute atomic E-state index is 9.57. The highest BCUT2D eigenvalue weighted by atomic mass is 14.2. The summed E-state index contributed by atoms with van der Waals surface area (Å²) in [5.74, 6) is 0. The van der Waals surface area contributed by atoms with Gasteiger partial charge in [0.2, 0.25) is 0 Å². The summed E-state index contributed by atoms with van der Waals surface area (Å²) >= 11 is 0. The van der Waals surface area contributed by atoms with Crippen LogP contribution in [0.4, 0.5) is 0 Å². The Morgan fingerprint density at radius 1 is 0.341 bits per heavy atom. The predicted octanol–water partition coefficient (Wildman–Crippen LogP) is 12.5. The minimum absolute atomic E-state index is 0.0563. The molecule has 0 saturated heterocycles. The molecule has 0 fully saturated rings. The first-order chi connectivity index (χ1) is 27.7. The molecule has 0 unspecified atom stereocenters. The van der Waals surface area contributed by atoms with Crippen molar-refractivity contribution in [3.8, 4) is 33.4 Å². The molecule has 0 heteroatoms. The Balaban J connectivity index is 1.53. The molecule has 44 heavy (non-hydrogen) atoms. The molecular formula is C44H28. The molecule has 0 amide bonds. The Bertz CT molecular complexity index is 3330. The largest absolute Gasteiger partial charge is 0.0636 e. The zero-order valence-corrected chi connectivity index (χ0v) is 23.1. The minimum atomic E-state index is -0.580. The molecule has 0 N–H and O–H groups in total. The second-order valence-electron chi connectivity index (χ2n) is 10.6. The molecule has 0 aliphatic carbocycles. The Morgan fingerprint density at radius 3 is 1.52 bits per heavy atom. The van der Waals surface area contributed by atoms with Gasteiger partial charge in [0.05, 0.1) is 19.2 Å². The first-order valence-corrected chi connectivity index (χ1v) is 14.1. The fourth-order valence-corrected chi connectivity index (χ4v) is 6.17. The van der Waals surface area contributed by atoms with Gasteiger partial charge in [0, 0.05) is 0 Å². The van der Waals surface area contributed by atoms with Gasteiger partial charge in [0.15, 0.2) is 0 Å². The van der Waals surface area contributed by atoms with E-state index >= 15 is 0 Å². The summed E-state index contributed by atoms with van der Waals surface area (Å²) in [5, 5.41) is 2.69. The van der Waals surface area contributed by atoms with E-state index in [-0.39, 0.29) is 44.8 Å². The lowest BCUT2D eigenvalue weighted by Crippen LogP contribution is -1.92. The fourth-order valence-electron chi connectivity index (χ4n) is 6.17. The zero-order valence-electron chi connectivity index (χ0n) is 37.1. The highest BCUT2D eigenvalue weighted by molar-refractivity contribution is 6.22. The third-order valence-electron chi connectivity index (χ3n) is 8.12. The topological polar surface area (TPSA) is 0 Å². The Labute approximate surface area is 276 Å². The Hall–Kier alpha value is -5.72. The van der Waals surface area contributed by atoms with Crippen LogP contribution in [0.25, 0.3) is 87.2 Å². The van der Waals surface area contributed by atoms with E-state index in [1.807, 2.05) is 54.6 Å². The van der Waals surface area contributed by atoms with Gasteiger partial charge in [-0.3, -0.25) is 0 Å². The highest BCUT2D eigenvalue weighted by Gasteiger charge is 2.18. The van der Waals surface area contributed by atoms with Crippen LogP contribution in [0.5, 0.6) is 0 Å². The normalized spacial score (nSPS) is 16.1. The molecule has 0 aliphatic heterocycles. The van der Waals surface area contributed by atoms with Crippen molar-refractivity contribution < 1.29 is 19.2 Å². The monoisotopic (exact) mass is 570 g/mol. The van der Waals surface area contributed by atoms with Crippen molar-refractivity contribution in [1.82, 2.24) is 0 Å².